The minimum absolute atomic E-state index is 0.192. The average Bonchev–Trinajstić information content (AvgIpc) is 3.21. The number of aromatic nitrogens is 3. The van der Waals surface area contributed by atoms with Gasteiger partial charge in [-0.15, -0.1) is 5.10 Å². The predicted octanol–water partition coefficient (Wildman–Crippen LogP) is 2.42. The van der Waals surface area contributed by atoms with Crippen molar-refractivity contribution in [3.05, 3.63) is 36.2 Å². The smallest absolute Gasteiger partial charge is 0.324 e. The first-order valence-corrected chi connectivity index (χ1v) is 9.13. The van der Waals surface area contributed by atoms with Crippen molar-refractivity contribution in [1.82, 2.24) is 25.0 Å². The number of imide groups is 1. The van der Waals surface area contributed by atoms with Gasteiger partial charge in [0.1, 0.15) is 5.82 Å². The van der Waals surface area contributed by atoms with Crippen LogP contribution in [0.2, 0.25) is 0 Å². The van der Waals surface area contributed by atoms with Gasteiger partial charge in [-0.3, -0.25) is 9.69 Å². The molecule has 1 N–H and O–H groups in total. The lowest BCUT2D eigenvalue weighted by atomic mass is 10.2. The Labute approximate surface area is 150 Å². The Morgan fingerprint density at radius 3 is 2.56 bits per heavy atom. The third-order valence-corrected chi connectivity index (χ3v) is 4.82. The summed E-state index contributed by atoms with van der Waals surface area (Å²) in [5, 5.41) is 7.31. The highest BCUT2D eigenvalue weighted by Gasteiger charge is 2.31. The number of hydrogen-bond acceptors (Lipinski definition) is 5. The van der Waals surface area contributed by atoms with Gasteiger partial charge in [0.15, 0.2) is 0 Å². The van der Waals surface area contributed by atoms with Crippen molar-refractivity contribution < 1.29 is 9.59 Å². The Hall–Kier alpha value is -2.35. The molecule has 0 bridgehead atoms. The van der Waals surface area contributed by atoms with E-state index in [0.29, 0.717) is 18.2 Å². The predicted molar refractivity (Wildman–Crippen MR) is 95.9 cm³/mol. The van der Waals surface area contributed by atoms with Gasteiger partial charge in [0.2, 0.25) is 11.1 Å². The number of urea groups is 1. The van der Waals surface area contributed by atoms with E-state index in [1.54, 1.807) is 6.92 Å². The molecule has 1 aromatic heterocycles. The zero-order valence-electron chi connectivity index (χ0n) is 14.5. The van der Waals surface area contributed by atoms with Crippen molar-refractivity contribution in [3.63, 3.8) is 0 Å². The molecule has 132 valence electrons. The summed E-state index contributed by atoms with van der Waals surface area (Å²) < 4.78 is 1.81. The summed E-state index contributed by atoms with van der Waals surface area (Å²) in [4.78, 5) is 29.9. The molecule has 0 saturated carbocycles. The van der Waals surface area contributed by atoms with Gasteiger partial charge in [-0.25, -0.2) is 14.5 Å². The molecule has 1 atom stereocenters. The molecular weight excluding hydrogens is 338 g/mol. The Kier molecular flexibility index (Phi) is 5.08. The van der Waals surface area contributed by atoms with Gasteiger partial charge in [0, 0.05) is 19.0 Å². The lowest BCUT2D eigenvalue weighted by Crippen LogP contribution is -2.38. The van der Waals surface area contributed by atoms with Crippen LogP contribution in [0.25, 0.3) is 5.69 Å². The molecule has 0 aliphatic carbocycles. The number of para-hydroxylation sites is 1. The van der Waals surface area contributed by atoms with E-state index in [-0.39, 0.29) is 17.9 Å². The molecule has 8 heteroatoms. The molecule has 3 rings (SSSR count). The summed E-state index contributed by atoms with van der Waals surface area (Å²) in [7, 11) is 0. The van der Waals surface area contributed by atoms with Crippen LogP contribution in [-0.2, 0) is 4.79 Å². The second-order valence-corrected chi connectivity index (χ2v) is 7.44. The SMILES string of the molecule is CC(C)c1nc(S[C@@H](C)C(=O)N2CCNC2=O)nn1-c1ccccc1. The van der Waals surface area contributed by atoms with Crippen molar-refractivity contribution in [2.45, 2.75) is 37.1 Å². The van der Waals surface area contributed by atoms with Crippen molar-refractivity contribution in [3.8, 4) is 5.69 Å². The highest BCUT2D eigenvalue weighted by molar-refractivity contribution is 8.00. The third-order valence-electron chi connectivity index (χ3n) is 3.88. The first-order chi connectivity index (χ1) is 12.0. The molecule has 1 saturated heterocycles. The van der Waals surface area contributed by atoms with Crippen LogP contribution in [0.1, 0.15) is 32.5 Å². The molecular formula is C17H21N5O2S. The van der Waals surface area contributed by atoms with E-state index in [2.05, 4.69) is 29.2 Å². The van der Waals surface area contributed by atoms with E-state index < -0.39 is 5.25 Å². The molecule has 0 radical (unpaired) electrons. The van der Waals surface area contributed by atoms with Crippen LogP contribution in [0, 0.1) is 0 Å². The number of nitrogens with one attached hydrogen (secondary N) is 1. The highest BCUT2D eigenvalue weighted by Crippen LogP contribution is 2.26. The fourth-order valence-corrected chi connectivity index (χ4v) is 3.42. The van der Waals surface area contributed by atoms with Crippen LogP contribution in [0.5, 0.6) is 0 Å². The molecule has 1 fully saturated rings. The standard InChI is InChI=1S/C17H21N5O2S/c1-11(2)14-19-16(20-22(14)13-7-5-4-6-8-13)25-12(3)15(23)21-10-9-18-17(21)24/h4-8,11-12H,9-10H2,1-3H3,(H,18,24)/t12-/m0/s1. The Morgan fingerprint density at radius 1 is 1.24 bits per heavy atom. The number of amides is 3. The van der Waals surface area contributed by atoms with Crippen molar-refractivity contribution in [2.75, 3.05) is 13.1 Å². The van der Waals surface area contributed by atoms with Crippen LogP contribution in [0.15, 0.2) is 35.5 Å². The van der Waals surface area contributed by atoms with Crippen molar-refractivity contribution >= 4 is 23.7 Å². The molecule has 3 amide bonds. The number of hydrogen-bond donors (Lipinski definition) is 1. The Morgan fingerprint density at radius 2 is 1.96 bits per heavy atom. The van der Waals surface area contributed by atoms with E-state index in [4.69, 9.17) is 0 Å². The monoisotopic (exact) mass is 359 g/mol. The number of benzene rings is 1. The summed E-state index contributed by atoms with van der Waals surface area (Å²) in [6, 6.07) is 9.46. The summed E-state index contributed by atoms with van der Waals surface area (Å²) >= 11 is 1.27. The molecule has 1 aliphatic heterocycles. The van der Waals surface area contributed by atoms with Crippen LogP contribution in [0.3, 0.4) is 0 Å². The van der Waals surface area contributed by atoms with Gasteiger partial charge < -0.3 is 5.32 Å². The zero-order chi connectivity index (χ0) is 18.0. The molecule has 2 aromatic rings. The van der Waals surface area contributed by atoms with Crippen LogP contribution >= 0.6 is 11.8 Å². The van der Waals surface area contributed by atoms with Crippen LogP contribution < -0.4 is 5.32 Å². The number of rotatable bonds is 5. The maximum atomic E-state index is 12.4. The number of carbonyl (C=O) groups is 2. The molecule has 7 nitrogen and oxygen atoms in total. The molecule has 25 heavy (non-hydrogen) atoms. The first-order valence-electron chi connectivity index (χ1n) is 8.25. The van der Waals surface area contributed by atoms with Gasteiger partial charge in [0.25, 0.3) is 0 Å². The molecule has 0 spiro atoms. The van der Waals surface area contributed by atoms with Crippen LogP contribution in [-0.4, -0.2) is 49.9 Å². The highest BCUT2D eigenvalue weighted by atomic mass is 32.2. The lowest BCUT2D eigenvalue weighted by Gasteiger charge is -2.16. The van der Waals surface area contributed by atoms with E-state index in [0.717, 1.165) is 11.5 Å². The lowest BCUT2D eigenvalue weighted by molar-refractivity contribution is -0.126. The summed E-state index contributed by atoms with van der Waals surface area (Å²) in [6.45, 7) is 6.80. The fraction of sp³-hybridized carbons (Fsp3) is 0.412. The van der Waals surface area contributed by atoms with E-state index >= 15 is 0 Å². The minimum Gasteiger partial charge on any atom is -0.336 e. The van der Waals surface area contributed by atoms with Crippen molar-refractivity contribution in [2.24, 2.45) is 0 Å². The summed E-state index contributed by atoms with van der Waals surface area (Å²) in [6.07, 6.45) is 0. The fourth-order valence-electron chi connectivity index (χ4n) is 2.60. The third kappa shape index (κ3) is 3.68. The van der Waals surface area contributed by atoms with Gasteiger partial charge >= 0.3 is 6.03 Å². The minimum atomic E-state index is -0.435. The Bertz CT molecular complexity index is 775. The van der Waals surface area contributed by atoms with Gasteiger partial charge in [0.05, 0.1) is 10.9 Å². The molecule has 0 unspecified atom stereocenters. The molecule has 1 aliphatic rings. The van der Waals surface area contributed by atoms with E-state index in [1.807, 2.05) is 35.0 Å². The largest absolute Gasteiger partial charge is 0.336 e. The van der Waals surface area contributed by atoms with Gasteiger partial charge in [-0.1, -0.05) is 43.8 Å². The second-order valence-electron chi connectivity index (χ2n) is 6.14. The van der Waals surface area contributed by atoms with Gasteiger partial charge in [-0.2, -0.15) is 0 Å². The Balaban J connectivity index is 1.81. The number of carbonyl (C=O) groups excluding carboxylic acids is 2. The van der Waals surface area contributed by atoms with Gasteiger partial charge in [-0.05, 0) is 19.1 Å². The molecule has 2 heterocycles. The molecule has 1 aromatic carbocycles. The number of nitrogens with zero attached hydrogens (tertiary/aromatic N) is 4. The number of thioether (sulfide) groups is 1. The van der Waals surface area contributed by atoms with E-state index in [1.165, 1.54) is 16.7 Å². The normalized spacial score (nSPS) is 15.5. The maximum absolute atomic E-state index is 12.4. The quantitative estimate of drug-likeness (QED) is 0.830. The second kappa shape index (κ2) is 7.26. The van der Waals surface area contributed by atoms with Crippen LogP contribution in [0.4, 0.5) is 4.79 Å². The zero-order valence-corrected chi connectivity index (χ0v) is 15.3. The average molecular weight is 359 g/mol. The maximum Gasteiger partial charge on any atom is 0.324 e. The van der Waals surface area contributed by atoms with Crippen molar-refractivity contribution in [1.29, 1.82) is 0 Å². The van der Waals surface area contributed by atoms with E-state index in [9.17, 15) is 9.59 Å². The summed E-state index contributed by atoms with van der Waals surface area (Å²) in [5.41, 5.74) is 0.934. The first kappa shape index (κ1) is 17.5. The summed E-state index contributed by atoms with van der Waals surface area (Å²) in [5.74, 6) is 0.812. The topological polar surface area (TPSA) is 80.1 Å².